The third-order valence-electron chi connectivity index (χ3n) is 4.33. The van der Waals surface area contributed by atoms with Crippen LogP contribution in [0.3, 0.4) is 0 Å². The standard InChI is InChI=1S/C21H33N5O/c1-15(2)17-11-9-16(10-12-17)8-7-13-23-20(22-6)24-14-18-25-19(27-26-18)21(3,4)5/h9-12,15H,7-8,13-14H2,1-6H3,(H2,22,23,24). The molecule has 6 heteroatoms. The minimum absolute atomic E-state index is 0.140. The molecule has 0 aliphatic heterocycles. The Bertz CT molecular complexity index is 726. The molecule has 1 aromatic heterocycles. The maximum atomic E-state index is 5.30. The van der Waals surface area contributed by atoms with Gasteiger partial charge in [0.05, 0.1) is 6.54 Å². The lowest BCUT2D eigenvalue weighted by Crippen LogP contribution is -2.37. The fourth-order valence-corrected chi connectivity index (χ4v) is 2.58. The van der Waals surface area contributed by atoms with Gasteiger partial charge in [0.2, 0.25) is 5.89 Å². The summed E-state index contributed by atoms with van der Waals surface area (Å²) >= 11 is 0. The molecule has 0 atom stereocenters. The average molecular weight is 372 g/mol. The third-order valence-corrected chi connectivity index (χ3v) is 4.33. The van der Waals surface area contributed by atoms with E-state index >= 15 is 0 Å². The smallest absolute Gasteiger partial charge is 0.232 e. The van der Waals surface area contributed by atoms with Crippen LogP contribution >= 0.6 is 0 Å². The molecule has 0 unspecified atom stereocenters. The van der Waals surface area contributed by atoms with E-state index in [0.29, 0.717) is 24.2 Å². The first-order valence-corrected chi connectivity index (χ1v) is 9.66. The summed E-state index contributed by atoms with van der Waals surface area (Å²) < 4.78 is 5.30. The van der Waals surface area contributed by atoms with E-state index in [0.717, 1.165) is 25.3 Å². The molecule has 0 aliphatic rings. The highest BCUT2D eigenvalue weighted by Gasteiger charge is 2.21. The third kappa shape index (κ3) is 6.70. The zero-order chi connectivity index (χ0) is 19.9. The molecule has 0 bridgehead atoms. The molecule has 0 saturated carbocycles. The molecule has 0 fully saturated rings. The van der Waals surface area contributed by atoms with Gasteiger partial charge in [-0.05, 0) is 29.9 Å². The van der Waals surface area contributed by atoms with Crippen LogP contribution in [0.1, 0.15) is 69.8 Å². The van der Waals surface area contributed by atoms with Crippen LogP contribution in [0.25, 0.3) is 0 Å². The molecule has 27 heavy (non-hydrogen) atoms. The minimum atomic E-state index is -0.140. The molecular formula is C21H33N5O. The van der Waals surface area contributed by atoms with Gasteiger partial charge in [-0.2, -0.15) is 4.98 Å². The lowest BCUT2D eigenvalue weighted by molar-refractivity contribution is 0.318. The van der Waals surface area contributed by atoms with Gasteiger partial charge >= 0.3 is 0 Å². The summed E-state index contributed by atoms with van der Waals surface area (Å²) in [4.78, 5) is 8.66. The first-order chi connectivity index (χ1) is 12.8. The van der Waals surface area contributed by atoms with Gasteiger partial charge in [-0.25, -0.2) is 0 Å². The summed E-state index contributed by atoms with van der Waals surface area (Å²) in [5, 5.41) is 10.6. The molecular weight excluding hydrogens is 338 g/mol. The van der Waals surface area contributed by atoms with Crippen molar-refractivity contribution in [3.8, 4) is 0 Å². The molecule has 0 amide bonds. The van der Waals surface area contributed by atoms with E-state index in [1.165, 1.54) is 11.1 Å². The number of aliphatic imine (C=N–C) groups is 1. The molecule has 6 nitrogen and oxygen atoms in total. The minimum Gasteiger partial charge on any atom is -0.356 e. The van der Waals surface area contributed by atoms with Crippen molar-refractivity contribution in [1.82, 2.24) is 20.8 Å². The first-order valence-electron chi connectivity index (χ1n) is 9.66. The van der Waals surface area contributed by atoms with E-state index in [-0.39, 0.29) is 5.41 Å². The number of hydrogen-bond acceptors (Lipinski definition) is 4. The number of hydrogen-bond donors (Lipinski definition) is 2. The van der Waals surface area contributed by atoms with Crippen LogP contribution in [-0.2, 0) is 18.4 Å². The Morgan fingerprint density at radius 3 is 2.41 bits per heavy atom. The maximum Gasteiger partial charge on any atom is 0.232 e. The zero-order valence-electron chi connectivity index (χ0n) is 17.5. The number of nitrogens with one attached hydrogen (secondary N) is 2. The van der Waals surface area contributed by atoms with E-state index in [4.69, 9.17) is 4.52 Å². The van der Waals surface area contributed by atoms with Gasteiger partial charge in [-0.3, -0.25) is 4.99 Å². The highest BCUT2D eigenvalue weighted by molar-refractivity contribution is 5.79. The molecule has 0 radical (unpaired) electrons. The quantitative estimate of drug-likeness (QED) is 0.440. The van der Waals surface area contributed by atoms with Gasteiger partial charge in [0, 0.05) is 19.0 Å². The monoisotopic (exact) mass is 371 g/mol. The number of nitrogens with zero attached hydrogens (tertiary/aromatic N) is 3. The Labute approximate surface area is 162 Å². The largest absolute Gasteiger partial charge is 0.356 e. The van der Waals surface area contributed by atoms with Crippen molar-refractivity contribution in [2.24, 2.45) is 4.99 Å². The molecule has 2 N–H and O–H groups in total. The first kappa shape index (κ1) is 20.9. The molecule has 1 heterocycles. The van der Waals surface area contributed by atoms with Crippen molar-refractivity contribution >= 4 is 5.96 Å². The zero-order valence-corrected chi connectivity index (χ0v) is 17.5. The molecule has 0 spiro atoms. The lowest BCUT2D eigenvalue weighted by atomic mass is 9.97. The van der Waals surface area contributed by atoms with E-state index in [2.05, 4.69) is 84.7 Å². The Balaban J connectivity index is 1.72. The maximum absolute atomic E-state index is 5.30. The van der Waals surface area contributed by atoms with Gasteiger partial charge in [0.25, 0.3) is 0 Å². The van der Waals surface area contributed by atoms with Crippen molar-refractivity contribution in [2.45, 2.75) is 65.3 Å². The van der Waals surface area contributed by atoms with Crippen LogP contribution in [0, 0.1) is 0 Å². The predicted octanol–water partition coefficient (Wildman–Crippen LogP) is 3.79. The van der Waals surface area contributed by atoms with Crippen LogP contribution in [0.15, 0.2) is 33.8 Å². The Hall–Kier alpha value is -2.37. The lowest BCUT2D eigenvalue weighted by Gasteiger charge is -2.11. The summed E-state index contributed by atoms with van der Waals surface area (Å²) in [6.07, 6.45) is 2.08. The molecule has 2 aromatic rings. The number of aromatic nitrogens is 2. The summed E-state index contributed by atoms with van der Waals surface area (Å²) in [5.41, 5.74) is 2.61. The van der Waals surface area contributed by atoms with Gasteiger partial charge in [0.1, 0.15) is 0 Å². The second-order valence-electron chi connectivity index (χ2n) is 8.12. The van der Waals surface area contributed by atoms with Gasteiger partial charge in [0.15, 0.2) is 11.8 Å². The van der Waals surface area contributed by atoms with Crippen molar-refractivity contribution in [1.29, 1.82) is 0 Å². The number of guanidine groups is 1. The van der Waals surface area contributed by atoms with Crippen LogP contribution in [0.4, 0.5) is 0 Å². The molecule has 0 saturated heterocycles. The van der Waals surface area contributed by atoms with Crippen molar-refractivity contribution in [3.05, 3.63) is 47.1 Å². The summed E-state index contributed by atoms with van der Waals surface area (Å²) in [6.45, 7) is 11.9. The fourth-order valence-electron chi connectivity index (χ4n) is 2.58. The van der Waals surface area contributed by atoms with Crippen LogP contribution in [-0.4, -0.2) is 29.7 Å². The second kappa shape index (κ2) is 9.53. The van der Waals surface area contributed by atoms with E-state index in [1.54, 1.807) is 7.05 Å². The number of aryl methyl sites for hydroxylation is 1. The van der Waals surface area contributed by atoms with Gasteiger partial charge in [-0.15, -0.1) is 0 Å². The number of rotatable bonds is 7. The topological polar surface area (TPSA) is 75.3 Å². The molecule has 2 rings (SSSR count). The van der Waals surface area contributed by atoms with Crippen molar-refractivity contribution < 1.29 is 4.52 Å². The summed E-state index contributed by atoms with van der Waals surface area (Å²) in [5.74, 6) is 2.60. The molecule has 148 valence electrons. The second-order valence-corrected chi connectivity index (χ2v) is 8.12. The SMILES string of the molecule is CN=C(NCCCc1ccc(C(C)C)cc1)NCc1noc(C(C)(C)C)n1. The van der Waals surface area contributed by atoms with Gasteiger partial charge in [-0.1, -0.05) is 64.0 Å². The van der Waals surface area contributed by atoms with Crippen LogP contribution in [0.5, 0.6) is 0 Å². The molecule has 0 aliphatic carbocycles. The predicted molar refractivity (Wildman–Crippen MR) is 110 cm³/mol. The molecule has 1 aromatic carbocycles. The van der Waals surface area contributed by atoms with E-state index in [1.807, 2.05) is 0 Å². The summed E-state index contributed by atoms with van der Waals surface area (Å²) in [7, 11) is 1.76. The fraction of sp³-hybridized carbons (Fsp3) is 0.571. The van der Waals surface area contributed by atoms with Crippen molar-refractivity contribution in [3.63, 3.8) is 0 Å². The highest BCUT2D eigenvalue weighted by Crippen LogP contribution is 2.19. The highest BCUT2D eigenvalue weighted by atomic mass is 16.5. The van der Waals surface area contributed by atoms with E-state index < -0.39 is 0 Å². The Morgan fingerprint density at radius 1 is 1.15 bits per heavy atom. The van der Waals surface area contributed by atoms with Crippen molar-refractivity contribution in [2.75, 3.05) is 13.6 Å². The van der Waals surface area contributed by atoms with Crippen LogP contribution < -0.4 is 10.6 Å². The Kier molecular flexibility index (Phi) is 7.39. The average Bonchev–Trinajstić information content (AvgIpc) is 3.11. The Morgan fingerprint density at radius 2 is 1.85 bits per heavy atom. The number of benzene rings is 1. The van der Waals surface area contributed by atoms with Gasteiger partial charge < -0.3 is 15.2 Å². The van der Waals surface area contributed by atoms with Crippen LogP contribution in [0.2, 0.25) is 0 Å². The van der Waals surface area contributed by atoms with E-state index in [9.17, 15) is 0 Å². The summed E-state index contributed by atoms with van der Waals surface area (Å²) in [6, 6.07) is 8.91. The normalized spacial score (nSPS) is 12.5.